The van der Waals surface area contributed by atoms with Crippen molar-refractivity contribution in [2.24, 2.45) is 0 Å². The minimum absolute atomic E-state index is 0.0468. The van der Waals surface area contributed by atoms with Crippen molar-refractivity contribution in [3.8, 4) is 28.7 Å². The second kappa shape index (κ2) is 6.96. The second-order valence-electron chi connectivity index (χ2n) is 4.75. The molecule has 0 bridgehead atoms. The zero-order valence-electron chi connectivity index (χ0n) is 13.7. The summed E-state index contributed by atoms with van der Waals surface area (Å²) in [5.74, 6) is 2.03. The van der Waals surface area contributed by atoms with Gasteiger partial charge < -0.3 is 24.1 Å². The lowest BCUT2D eigenvalue weighted by Gasteiger charge is -2.17. The molecule has 0 unspecified atom stereocenters. The summed E-state index contributed by atoms with van der Waals surface area (Å²) >= 11 is 0. The van der Waals surface area contributed by atoms with Gasteiger partial charge in [-0.05, 0) is 35.4 Å². The Balaban J connectivity index is 2.53. The SMILES string of the molecule is C=C(c1ccc(OC)c(O)c1)c1ccc(OC)c(OC)c1OC. The van der Waals surface area contributed by atoms with E-state index in [2.05, 4.69) is 6.58 Å². The molecule has 0 radical (unpaired) electrons. The van der Waals surface area contributed by atoms with Crippen molar-refractivity contribution in [3.05, 3.63) is 48.0 Å². The van der Waals surface area contributed by atoms with Gasteiger partial charge in [0, 0.05) is 5.56 Å². The highest BCUT2D eigenvalue weighted by Gasteiger charge is 2.18. The van der Waals surface area contributed by atoms with Gasteiger partial charge in [-0.15, -0.1) is 0 Å². The van der Waals surface area contributed by atoms with Gasteiger partial charge in [-0.3, -0.25) is 0 Å². The molecule has 5 heteroatoms. The normalized spacial score (nSPS) is 10.1. The predicted molar refractivity (Wildman–Crippen MR) is 88.9 cm³/mol. The van der Waals surface area contributed by atoms with Gasteiger partial charge in [-0.2, -0.15) is 0 Å². The van der Waals surface area contributed by atoms with Gasteiger partial charge in [0.25, 0.3) is 0 Å². The smallest absolute Gasteiger partial charge is 0.203 e. The molecule has 0 amide bonds. The van der Waals surface area contributed by atoms with Gasteiger partial charge in [0.05, 0.1) is 28.4 Å². The minimum atomic E-state index is 0.0468. The second-order valence-corrected chi connectivity index (χ2v) is 4.75. The van der Waals surface area contributed by atoms with Crippen LogP contribution in [-0.4, -0.2) is 33.5 Å². The van der Waals surface area contributed by atoms with Crippen LogP contribution >= 0.6 is 0 Å². The van der Waals surface area contributed by atoms with Crippen molar-refractivity contribution < 1.29 is 24.1 Å². The van der Waals surface area contributed by atoms with E-state index in [1.165, 1.54) is 7.11 Å². The molecule has 0 spiro atoms. The molecule has 0 saturated carbocycles. The number of methoxy groups -OCH3 is 4. The van der Waals surface area contributed by atoms with Gasteiger partial charge in [0.1, 0.15) is 0 Å². The van der Waals surface area contributed by atoms with Crippen LogP contribution in [0.2, 0.25) is 0 Å². The first-order valence-electron chi connectivity index (χ1n) is 6.93. The molecule has 0 fully saturated rings. The van der Waals surface area contributed by atoms with Crippen LogP contribution in [-0.2, 0) is 0 Å². The van der Waals surface area contributed by atoms with E-state index < -0.39 is 0 Å². The minimum Gasteiger partial charge on any atom is -0.504 e. The van der Waals surface area contributed by atoms with Gasteiger partial charge >= 0.3 is 0 Å². The molecule has 2 aromatic carbocycles. The molecule has 23 heavy (non-hydrogen) atoms. The largest absolute Gasteiger partial charge is 0.504 e. The Kier molecular flexibility index (Phi) is 5.01. The van der Waals surface area contributed by atoms with E-state index in [1.54, 1.807) is 39.5 Å². The average Bonchev–Trinajstić information content (AvgIpc) is 2.59. The molecule has 2 rings (SSSR count). The van der Waals surface area contributed by atoms with Crippen LogP contribution in [0.1, 0.15) is 11.1 Å². The van der Waals surface area contributed by atoms with E-state index >= 15 is 0 Å². The molecule has 1 N–H and O–H groups in total. The third-order valence-corrected chi connectivity index (χ3v) is 3.56. The van der Waals surface area contributed by atoms with Crippen LogP contribution in [0.15, 0.2) is 36.9 Å². The van der Waals surface area contributed by atoms with Gasteiger partial charge in [0.2, 0.25) is 5.75 Å². The monoisotopic (exact) mass is 316 g/mol. The maximum absolute atomic E-state index is 9.95. The highest BCUT2D eigenvalue weighted by atomic mass is 16.5. The van der Waals surface area contributed by atoms with E-state index in [1.807, 2.05) is 12.1 Å². The van der Waals surface area contributed by atoms with Crippen molar-refractivity contribution >= 4 is 5.57 Å². The fraction of sp³-hybridized carbons (Fsp3) is 0.222. The lowest BCUT2D eigenvalue weighted by Crippen LogP contribution is -1.99. The highest BCUT2D eigenvalue weighted by molar-refractivity contribution is 5.84. The lowest BCUT2D eigenvalue weighted by atomic mass is 9.97. The molecule has 0 aliphatic carbocycles. The van der Waals surface area contributed by atoms with E-state index in [0.717, 1.165) is 11.1 Å². The Morgan fingerprint density at radius 3 is 1.96 bits per heavy atom. The molecule has 0 aromatic heterocycles. The van der Waals surface area contributed by atoms with Crippen molar-refractivity contribution in [1.82, 2.24) is 0 Å². The maximum atomic E-state index is 9.95. The fourth-order valence-electron chi connectivity index (χ4n) is 2.37. The molecule has 122 valence electrons. The molecule has 2 aromatic rings. The van der Waals surface area contributed by atoms with E-state index in [9.17, 15) is 5.11 Å². The van der Waals surface area contributed by atoms with Crippen LogP contribution < -0.4 is 18.9 Å². The van der Waals surface area contributed by atoms with Crippen LogP contribution in [0.4, 0.5) is 0 Å². The standard InChI is InChI=1S/C18H20O5/c1-11(12-6-8-15(20-2)14(19)10-12)13-7-9-16(21-3)18(23-5)17(13)22-4/h6-10,19H,1H2,2-5H3. The first kappa shape index (κ1) is 16.5. The first-order valence-corrected chi connectivity index (χ1v) is 6.93. The Morgan fingerprint density at radius 1 is 0.826 bits per heavy atom. The van der Waals surface area contributed by atoms with Gasteiger partial charge in [-0.1, -0.05) is 12.6 Å². The summed E-state index contributed by atoms with van der Waals surface area (Å²) in [5, 5.41) is 9.95. The van der Waals surface area contributed by atoms with E-state index in [-0.39, 0.29) is 5.75 Å². The van der Waals surface area contributed by atoms with Crippen molar-refractivity contribution in [1.29, 1.82) is 0 Å². The van der Waals surface area contributed by atoms with E-state index in [4.69, 9.17) is 18.9 Å². The molecular weight excluding hydrogens is 296 g/mol. The predicted octanol–water partition coefficient (Wildman–Crippen LogP) is 3.49. The topological polar surface area (TPSA) is 57.2 Å². The third kappa shape index (κ3) is 3.04. The van der Waals surface area contributed by atoms with Crippen molar-refractivity contribution in [2.45, 2.75) is 0 Å². The average molecular weight is 316 g/mol. The molecule has 0 saturated heterocycles. The Bertz CT molecular complexity index is 722. The number of hydrogen-bond acceptors (Lipinski definition) is 5. The Labute approximate surface area is 135 Å². The number of hydrogen-bond donors (Lipinski definition) is 1. The molecule has 5 nitrogen and oxygen atoms in total. The van der Waals surface area contributed by atoms with Crippen LogP contribution in [0, 0.1) is 0 Å². The first-order chi connectivity index (χ1) is 11.1. The summed E-state index contributed by atoms with van der Waals surface area (Å²) in [4.78, 5) is 0. The zero-order valence-corrected chi connectivity index (χ0v) is 13.7. The molecule has 0 heterocycles. The van der Waals surface area contributed by atoms with Gasteiger partial charge in [-0.25, -0.2) is 0 Å². The summed E-state index contributed by atoms with van der Waals surface area (Å²) in [6, 6.07) is 8.71. The molecular formula is C18H20O5. The number of ether oxygens (including phenoxy) is 4. The molecule has 0 aliphatic heterocycles. The number of rotatable bonds is 6. The number of phenols is 1. The quantitative estimate of drug-likeness (QED) is 0.884. The summed E-state index contributed by atoms with van der Waals surface area (Å²) in [6.07, 6.45) is 0. The Morgan fingerprint density at radius 2 is 1.43 bits per heavy atom. The van der Waals surface area contributed by atoms with Crippen LogP contribution in [0.5, 0.6) is 28.7 Å². The fourth-order valence-corrected chi connectivity index (χ4v) is 2.37. The number of benzene rings is 2. The maximum Gasteiger partial charge on any atom is 0.203 e. The number of aromatic hydroxyl groups is 1. The highest BCUT2D eigenvalue weighted by Crippen LogP contribution is 2.44. The zero-order chi connectivity index (χ0) is 17.0. The summed E-state index contributed by atoms with van der Waals surface area (Å²) in [7, 11) is 6.17. The van der Waals surface area contributed by atoms with Crippen LogP contribution in [0.3, 0.4) is 0 Å². The Hall–Kier alpha value is -2.82. The summed E-state index contributed by atoms with van der Waals surface area (Å²) in [5.41, 5.74) is 2.17. The third-order valence-electron chi connectivity index (χ3n) is 3.56. The lowest BCUT2D eigenvalue weighted by molar-refractivity contribution is 0.324. The summed E-state index contributed by atoms with van der Waals surface area (Å²) in [6.45, 7) is 4.10. The molecule has 0 aliphatic rings. The van der Waals surface area contributed by atoms with Crippen molar-refractivity contribution in [3.63, 3.8) is 0 Å². The van der Waals surface area contributed by atoms with Gasteiger partial charge in [0.15, 0.2) is 23.0 Å². The van der Waals surface area contributed by atoms with Crippen molar-refractivity contribution in [2.75, 3.05) is 28.4 Å². The number of phenolic OH excluding ortho intramolecular Hbond substituents is 1. The summed E-state index contributed by atoms with van der Waals surface area (Å²) < 4.78 is 21.2. The molecule has 0 atom stereocenters. The van der Waals surface area contributed by atoms with Crippen LogP contribution in [0.25, 0.3) is 5.57 Å². The van der Waals surface area contributed by atoms with E-state index in [0.29, 0.717) is 28.6 Å².